The first-order valence-electron chi connectivity index (χ1n) is 9.33. The van der Waals surface area contributed by atoms with Crippen molar-refractivity contribution in [2.24, 2.45) is 23.1 Å². The summed E-state index contributed by atoms with van der Waals surface area (Å²) in [6.45, 7) is 3.16. The highest BCUT2D eigenvalue weighted by Gasteiger charge is 2.27. The Bertz CT molecular complexity index is 597. The summed E-state index contributed by atoms with van der Waals surface area (Å²) in [6, 6.07) is -3.32. The Labute approximate surface area is 169 Å². The molecular weight excluding hydrogens is 384 g/mol. The molecule has 0 aromatic rings. The van der Waals surface area contributed by atoms with Crippen molar-refractivity contribution in [2.45, 2.75) is 57.7 Å². The minimum absolute atomic E-state index is 0.349. The van der Waals surface area contributed by atoms with Crippen LogP contribution in [-0.2, 0) is 24.0 Å². The number of nitrogens with two attached hydrogens (primary N) is 3. The molecule has 12 nitrogen and oxygen atoms in total. The minimum Gasteiger partial charge on any atom is -0.480 e. The standard InChI is InChI=1S/C17H32N6O6/c1-9(2)14(17(28)29)23-13(25)8-21-16(27)11(7-12(20)24)22-15(26)10(19)5-3-4-6-18/h9-11,14H,3-8,18-19H2,1-2H3,(H2,20,24)(H,21,27)(H,22,26)(H,23,25)(H,28,29). The highest BCUT2D eigenvalue weighted by atomic mass is 16.4. The van der Waals surface area contributed by atoms with E-state index >= 15 is 0 Å². The van der Waals surface area contributed by atoms with Crippen LogP contribution in [0.15, 0.2) is 0 Å². The first kappa shape index (κ1) is 26.3. The molecule has 12 heteroatoms. The fourth-order valence-electron chi connectivity index (χ4n) is 2.36. The predicted octanol–water partition coefficient (Wildman–Crippen LogP) is -2.86. The summed E-state index contributed by atoms with van der Waals surface area (Å²) in [5.41, 5.74) is 16.2. The van der Waals surface area contributed by atoms with Crippen molar-refractivity contribution < 1.29 is 29.1 Å². The molecule has 3 unspecified atom stereocenters. The van der Waals surface area contributed by atoms with Gasteiger partial charge < -0.3 is 38.3 Å². The van der Waals surface area contributed by atoms with E-state index in [0.717, 1.165) is 0 Å². The van der Waals surface area contributed by atoms with Gasteiger partial charge in [-0.3, -0.25) is 19.2 Å². The molecule has 0 fully saturated rings. The smallest absolute Gasteiger partial charge is 0.326 e. The van der Waals surface area contributed by atoms with Gasteiger partial charge in [0.15, 0.2) is 0 Å². The largest absolute Gasteiger partial charge is 0.480 e. The van der Waals surface area contributed by atoms with Gasteiger partial charge in [0.05, 0.1) is 19.0 Å². The zero-order valence-corrected chi connectivity index (χ0v) is 16.8. The van der Waals surface area contributed by atoms with E-state index in [1.165, 1.54) is 0 Å². The van der Waals surface area contributed by atoms with Crippen LogP contribution >= 0.6 is 0 Å². The number of carbonyl (C=O) groups excluding carboxylic acids is 4. The van der Waals surface area contributed by atoms with Crippen LogP contribution in [-0.4, -0.2) is 65.9 Å². The number of nitrogens with one attached hydrogen (secondary N) is 3. The average Bonchev–Trinajstić information content (AvgIpc) is 2.62. The molecule has 0 aromatic carbocycles. The number of amides is 4. The summed E-state index contributed by atoms with van der Waals surface area (Å²) in [4.78, 5) is 58.6. The highest BCUT2D eigenvalue weighted by molar-refractivity contribution is 5.95. The number of primary amides is 1. The Balaban J connectivity index is 4.79. The Morgan fingerprint density at radius 1 is 1.00 bits per heavy atom. The lowest BCUT2D eigenvalue weighted by molar-refractivity contribution is -0.143. The Morgan fingerprint density at radius 3 is 2.10 bits per heavy atom. The van der Waals surface area contributed by atoms with Gasteiger partial charge in [-0.05, 0) is 25.3 Å². The number of hydrogen-bond donors (Lipinski definition) is 7. The number of hydrogen-bond acceptors (Lipinski definition) is 7. The summed E-state index contributed by atoms with van der Waals surface area (Å²) in [5.74, 6) is -4.60. The Kier molecular flexibility index (Phi) is 12.2. The summed E-state index contributed by atoms with van der Waals surface area (Å²) in [6.07, 6.45) is 1.17. The lowest BCUT2D eigenvalue weighted by Crippen LogP contribution is -2.54. The second-order valence-corrected chi connectivity index (χ2v) is 6.97. The van der Waals surface area contributed by atoms with Crippen LogP contribution in [0, 0.1) is 5.92 Å². The zero-order valence-electron chi connectivity index (χ0n) is 16.8. The van der Waals surface area contributed by atoms with Gasteiger partial charge in [-0.25, -0.2) is 4.79 Å². The molecule has 3 atom stereocenters. The quantitative estimate of drug-likeness (QED) is 0.146. The molecule has 0 aliphatic rings. The van der Waals surface area contributed by atoms with E-state index in [1.54, 1.807) is 13.8 Å². The number of unbranched alkanes of at least 4 members (excludes halogenated alkanes) is 1. The molecule has 0 aliphatic heterocycles. The van der Waals surface area contributed by atoms with Crippen molar-refractivity contribution in [3.8, 4) is 0 Å². The zero-order chi connectivity index (χ0) is 22.6. The van der Waals surface area contributed by atoms with Gasteiger partial charge in [0.25, 0.3) is 0 Å². The van der Waals surface area contributed by atoms with Gasteiger partial charge in [0.2, 0.25) is 23.6 Å². The van der Waals surface area contributed by atoms with E-state index in [9.17, 15) is 24.0 Å². The molecule has 0 spiro atoms. The third-order valence-electron chi connectivity index (χ3n) is 4.02. The molecule has 0 radical (unpaired) electrons. The van der Waals surface area contributed by atoms with E-state index in [4.69, 9.17) is 22.3 Å². The third kappa shape index (κ3) is 11.0. The fraction of sp³-hybridized carbons (Fsp3) is 0.706. The van der Waals surface area contributed by atoms with Crippen LogP contribution in [0.5, 0.6) is 0 Å². The maximum atomic E-state index is 12.3. The lowest BCUT2D eigenvalue weighted by Gasteiger charge is -2.21. The molecule has 0 saturated heterocycles. The van der Waals surface area contributed by atoms with Crippen molar-refractivity contribution in [3.05, 3.63) is 0 Å². The van der Waals surface area contributed by atoms with Gasteiger partial charge in [0, 0.05) is 0 Å². The van der Waals surface area contributed by atoms with E-state index in [-0.39, 0.29) is 5.92 Å². The molecule has 10 N–H and O–H groups in total. The van der Waals surface area contributed by atoms with Crippen LogP contribution in [0.3, 0.4) is 0 Å². The molecule has 0 rings (SSSR count). The molecule has 166 valence electrons. The van der Waals surface area contributed by atoms with Crippen LogP contribution in [0.25, 0.3) is 0 Å². The molecule has 4 amide bonds. The normalized spacial score (nSPS) is 13.8. The molecule has 0 heterocycles. The van der Waals surface area contributed by atoms with Crippen molar-refractivity contribution in [1.29, 1.82) is 0 Å². The van der Waals surface area contributed by atoms with Crippen LogP contribution in [0.1, 0.15) is 39.5 Å². The number of carboxylic acid groups (broad SMARTS) is 1. The summed E-state index contributed by atoms with van der Waals surface area (Å²) >= 11 is 0. The van der Waals surface area contributed by atoms with E-state index in [0.29, 0.717) is 25.8 Å². The summed E-state index contributed by atoms with van der Waals surface area (Å²) in [7, 11) is 0. The van der Waals surface area contributed by atoms with Crippen molar-refractivity contribution in [2.75, 3.05) is 13.1 Å². The third-order valence-corrected chi connectivity index (χ3v) is 4.02. The van der Waals surface area contributed by atoms with Gasteiger partial charge in [-0.15, -0.1) is 0 Å². The first-order valence-corrected chi connectivity index (χ1v) is 9.33. The topological polar surface area (TPSA) is 220 Å². The number of aliphatic carboxylic acids is 1. The molecule has 29 heavy (non-hydrogen) atoms. The van der Waals surface area contributed by atoms with E-state index in [1.807, 2.05) is 0 Å². The first-order chi connectivity index (χ1) is 13.5. The number of rotatable bonds is 14. The fourth-order valence-corrected chi connectivity index (χ4v) is 2.36. The minimum atomic E-state index is -1.31. The van der Waals surface area contributed by atoms with Crippen molar-refractivity contribution in [1.82, 2.24) is 16.0 Å². The highest BCUT2D eigenvalue weighted by Crippen LogP contribution is 2.02. The van der Waals surface area contributed by atoms with Crippen molar-refractivity contribution >= 4 is 29.6 Å². The second-order valence-electron chi connectivity index (χ2n) is 6.97. The van der Waals surface area contributed by atoms with Crippen LogP contribution in [0.2, 0.25) is 0 Å². The molecule has 0 aromatic heterocycles. The molecular formula is C17H32N6O6. The van der Waals surface area contributed by atoms with Crippen LogP contribution in [0.4, 0.5) is 0 Å². The molecule has 0 aliphatic carbocycles. The van der Waals surface area contributed by atoms with E-state index < -0.39 is 60.7 Å². The monoisotopic (exact) mass is 416 g/mol. The molecule has 0 bridgehead atoms. The Hall–Kier alpha value is -2.73. The lowest BCUT2D eigenvalue weighted by atomic mass is 10.0. The van der Waals surface area contributed by atoms with Crippen molar-refractivity contribution in [3.63, 3.8) is 0 Å². The SMILES string of the molecule is CC(C)C(NC(=O)CNC(=O)C(CC(N)=O)NC(=O)C(N)CCCCN)C(=O)O. The maximum absolute atomic E-state index is 12.3. The summed E-state index contributed by atoms with van der Waals surface area (Å²) < 4.78 is 0. The number of carbonyl (C=O) groups is 5. The summed E-state index contributed by atoms with van der Waals surface area (Å²) in [5, 5.41) is 15.9. The number of carboxylic acids is 1. The maximum Gasteiger partial charge on any atom is 0.326 e. The Morgan fingerprint density at radius 2 is 1.62 bits per heavy atom. The molecule has 0 saturated carbocycles. The van der Waals surface area contributed by atoms with Gasteiger partial charge in [-0.1, -0.05) is 20.3 Å². The average molecular weight is 416 g/mol. The van der Waals surface area contributed by atoms with Gasteiger partial charge in [0.1, 0.15) is 12.1 Å². The second kappa shape index (κ2) is 13.4. The van der Waals surface area contributed by atoms with Gasteiger partial charge in [-0.2, -0.15) is 0 Å². The van der Waals surface area contributed by atoms with Gasteiger partial charge >= 0.3 is 5.97 Å². The van der Waals surface area contributed by atoms with E-state index in [2.05, 4.69) is 16.0 Å². The predicted molar refractivity (Wildman–Crippen MR) is 104 cm³/mol. The van der Waals surface area contributed by atoms with Crippen LogP contribution < -0.4 is 33.2 Å².